The number of carbonyl (C=O) groups excluding carboxylic acids is 1. The van der Waals surface area contributed by atoms with Gasteiger partial charge in [0.05, 0.1) is 5.69 Å². The zero-order valence-corrected chi connectivity index (χ0v) is 17.3. The number of rotatable bonds is 5. The molecule has 4 nitrogen and oxygen atoms in total. The molecule has 1 atom stereocenters. The van der Waals surface area contributed by atoms with Crippen LogP contribution in [0.25, 0.3) is 11.3 Å². The van der Waals surface area contributed by atoms with E-state index in [4.69, 9.17) is 0 Å². The first kappa shape index (κ1) is 18.8. The Bertz CT molecular complexity index is 1010. The molecule has 0 radical (unpaired) electrons. The van der Waals surface area contributed by atoms with Gasteiger partial charge in [-0.1, -0.05) is 42.0 Å². The molecule has 28 heavy (non-hydrogen) atoms. The average molecular weight is 392 g/mol. The quantitative estimate of drug-likeness (QED) is 0.683. The number of nitrogens with one attached hydrogen (secondary N) is 1. The maximum Gasteiger partial charge on any atom is 0.272 e. The molecule has 5 heteroatoms. The van der Waals surface area contributed by atoms with Gasteiger partial charge in [-0.2, -0.15) is 5.10 Å². The Kier molecular flexibility index (Phi) is 5.27. The summed E-state index contributed by atoms with van der Waals surface area (Å²) in [6, 6.07) is 17.0. The highest BCUT2D eigenvalue weighted by atomic mass is 32.2. The first-order chi connectivity index (χ1) is 13.5. The molecule has 0 bridgehead atoms. The van der Waals surface area contributed by atoms with Crippen LogP contribution in [-0.4, -0.2) is 21.7 Å². The second kappa shape index (κ2) is 7.84. The fraction of sp³-hybridized carbons (Fsp3) is 0.304. The minimum Gasteiger partial charge on any atom is -0.348 e. The third-order valence-corrected chi connectivity index (χ3v) is 6.31. The van der Waals surface area contributed by atoms with Crippen molar-refractivity contribution >= 4 is 17.7 Å². The number of hydrogen-bond acceptors (Lipinski definition) is 3. The molecule has 0 saturated carbocycles. The van der Waals surface area contributed by atoms with Gasteiger partial charge in [0.1, 0.15) is 0 Å². The Labute approximate surface area is 170 Å². The highest BCUT2D eigenvalue weighted by molar-refractivity contribution is 7.98. The third kappa shape index (κ3) is 3.72. The summed E-state index contributed by atoms with van der Waals surface area (Å²) in [5.41, 5.74) is 6.36. The summed E-state index contributed by atoms with van der Waals surface area (Å²) in [6.45, 7) is 4.15. The minimum absolute atomic E-state index is 0.0749. The molecule has 0 fully saturated rings. The lowest BCUT2D eigenvalue weighted by Gasteiger charge is -2.18. The maximum atomic E-state index is 12.9. The van der Waals surface area contributed by atoms with Crippen LogP contribution in [0.4, 0.5) is 0 Å². The number of thioether (sulfide) groups is 1. The smallest absolute Gasteiger partial charge is 0.272 e. The molecule has 0 saturated heterocycles. The molecule has 1 unspecified atom stereocenters. The van der Waals surface area contributed by atoms with E-state index in [1.54, 1.807) is 11.8 Å². The zero-order valence-electron chi connectivity index (χ0n) is 16.5. The van der Waals surface area contributed by atoms with E-state index in [1.807, 2.05) is 17.8 Å². The monoisotopic (exact) mass is 391 g/mol. The molecule has 1 amide bonds. The van der Waals surface area contributed by atoms with Crippen LogP contribution in [0.1, 0.15) is 40.5 Å². The standard InChI is InChI=1S/C23H25N3OS/c1-15-9-12-20-18(13-15)22-19(14-28-20)21(25-26(22)3)23(27)24-16(2)10-11-17-7-5-4-6-8-17/h4-9,12-13,16H,10-11,14H2,1-3H3,(H,24,27). The van der Waals surface area contributed by atoms with Gasteiger partial charge in [-0.15, -0.1) is 11.8 Å². The molecule has 2 aromatic carbocycles. The van der Waals surface area contributed by atoms with E-state index in [2.05, 4.69) is 66.7 Å². The van der Waals surface area contributed by atoms with E-state index in [-0.39, 0.29) is 11.9 Å². The molecule has 1 aliphatic heterocycles. The summed E-state index contributed by atoms with van der Waals surface area (Å²) in [7, 11) is 1.93. The topological polar surface area (TPSA) is 46.9 Å². The molecule has 4 rings (SSSR count). The lowest BCUT2D eigenvalue weighted by atomic mass is 10.0. The number of amides is 1. The molecule has 1 N–H and O–H groups in total. The summed E-state index contributed by atoms with van der Waals surface area (Å²) in [5.74, 6) is 0.703. The Morgan fingerprint density at radius 2 is 2.04 bits per heavy atom. The van der Waals surface area contributed by atoms with Crippen molar-refractivity contribution < 1.29 is 4.79 Å². The number of fused-ring (bicyclic) bond motifs is 3. The summed E-state index contributed by atoms with van der Waals surface area (Å²) < 4.78 is 1.86. The molecule has 1 aliphatic rings. The van der Waals surface area contributed by atoms with Gasteiger partial charge in [0.2, 0.25) is 0 Å². The van der Waals surface area contributed by atoms with Crippen molar-refractivity contribution in [3.63, 3.8) is 0 Å². The van der Waals surface area contributed by atoms with Crippen molar-refractivity contribution in [3.8, 4) is 11.3 Å². The van der Waals surface area contributed by atoms with Crippen LogP contribution < -0.4 is 5.32 Å². The van der Waals surface area contributed by atoms with E-state index >= 15 is 0 Å². The van der Waals surface area contributed by atoms with Crippen LogP contribution in [0.2, 0.25) is 0 Å². The third-order valence-electron chi connectivity index (χ3n) is 5.21. The number of aromatic nitrogens is 2. The molecule has 0 spiro atoms. The predicted octanol–water partition coefficient (Wildman–Crippen LogP) is 4.75. The highest BCUT2D eigenvalue weighted by Gasteiger charge is 2.28. The first-order valence-electron chi connectivity index (χ1n) is 9.67. The molecule has 144 valence electrons. The largest absolute Gasteiger partial charge is 0.348 e. The average Bonchev–Trinajstić information content (AvgIpc) is 3.04. The molecular formula is C23H25N3OS. The second-order valence-electron chi connectivity index (χ2n) is 7.49. The fourth-order valence-electron chi connectivity index (χ4n) is 3.72. The summed E-state index contributed by atoms with van der Waals surface area (Å²) >= 11 is 1.78. The normalized spacial score (nSPS) is 13.5. The van der Waals surface area contributed by atoms with Gasteiger partial charge in [-0.25, -0.2) is 0 Å². The van der Waals surface area contributed by atoms with Gasteiger partial charge in [-0.3, -0.25) is 9.48 Å². The SMILES string of the molecule is Cc1ccc2c(c1)-c1c(c(C(=O)NC(C)CCc3ccccc3)nn1C)CS2. The Hall–Kier alpha value is -2.53. The van der Waals surface area contributed by atoms with E-state index < -0.39 is 0 Å². The molecule has 1 aromatic heterocycles. The number of hydrogen-bond donors (Lipinski definition) is 1. The van der Waals surface area contributed by atoms with E-state index in [1.165, 1.54) is 21.6 Å². The van der Waals surface area contributed by atoms with Gasteiger partial charge in [0.15, 0.2) is 5.69 Å². The van der Waals surface area contributed by atoms with E-state index in [0.717, 1.165) is 29.9 Å². The molecule has 0 aliphatic carbocycles. The highest BCUT2D eigenvalue weighted by Crippen LogP contribution is 2.42. The fourth-order valence-corrected chi connectivity index (χ4v) is 4.77. The Morgan fingerprint density at radius 3 is 2.82 bits per heavy atom. The number of carbonyl (C=O) groups is 1. The van der Waals surface area contributed by atoms with Gasteiger partial charge in [0, 0.05) is 34.9 Å². The summed E-state index contributed by atoms with van der Waals surface area (Å²) in [6.07, 6.45) is 1.85. The van der Waals surface area contributed by atoms with Crippen molar-refractivity contribution in [2.45, 2.75) is 43.4 Å². The van der Waals surface area contributed by atoms with Gasteiger partial charge in [0.25, 0.3) is 5.91 Å². The zero-order chi connectivity index (χ0) is 19.7. The van der Waals surface area contributed by atoms with Crippen LogP contribution in [0.5, 0.6) is 0 Å². The first-order valence-corrected chi connectivity index (χ1v) is 10.7. The van der Waals surface area contributed by atoms with Gasteiger partial charge < -0.3 is 5.32 Å². The molecule has 3 aromatic rings. The van der Waals surface area contributed by atoms with Crippen LogP contribution in [0.15, 0.2) is 53.4 Å². The number of benzene rings is 2. The van der Waals surface area contributed by atoms with Crippen LogP contribution in [0, 0.1) is 6.92 Å². The molecular weight excluding hydrogens is 366 g/mol. The number of aryl methyl sites for hydroxylation is 3. The van der Waals surface area contributed by atoms with E-state index in [0.29, 0.717) is 5.69 Å². The van der Waals surface area contributed by atoms with Crippen LogP contribution >= 0.6 is 11.8 Å². The van der Waals surface area contributed by atoms with Crippen molar-refractivity contribution in [2.24, 2.45) is 7.05 Å². The lowest BCUT2D eigenvalue weighted by molar-refractivity contribution is 0.0932. The van der Waals surface area contributed by atoms with Crippen molar-refractivity contribution in [1.29, 1.82) is 0 Å². The summed E-state index contributed by atoms with van der Waals surface area (Å²) in [4.78, 5) is 14.2. The van der Waals surface area contributed by atoms with Gasteiger partial charge >= 0.3 is 0 Å². The lowest BCUT2D eigenvalue weighted by Crippen LogP contribution is -2.33. The van der Waals surface area contributed by atoms with Crippen LogP contribution in [0.3, 0.4) is 0 Å². The Morgan fingerprint density at radius 1 is 1.25 bits per heavy atom. The van der Waals surface area contributed by atoms with Crippen molar-refractivity contribution in [1.82, 2.24) is 15.1 Å². The molecule has 2 heterocycles. The minimum atomic E-state index is -0.0749. The maximum absolute atomic E-state index is 12.9. The summed E-state index contributed by atoms with van der Waals surface area (Å²) in [5, 5.41) is 7.72. The number of nitrogens with zero attached hydrogens (tertiary/aromatic N) is 2. The van der Waals surface area contributed by atoms with Crippen LogP contribution in [-0.2, 0) is 19.2 Å². The predicted molar refractivity (Wildman–Crippen MR) is 115 cm³/mol. The van der Waals surface area contributed by atoms with Gasteiger partial charge in [-0.05, 0) is 44.4 Å². The van der Waals surface area contributed by atoms with E-state index in [9.17, 15) is 4.79 Å². The Balaban J connectivity index is 1.51. The second-order valence-corrected chi connectivity index (χ2v) is 8.50. The van der Waals surface area contributed by atoms with Crippen molar-refractivity contribution in [3.05, 3.63) is 70.9 Å². The van der Waals surface area contributed by atoms with Crippen molar-refractivity contribution in [2.75, 3.05) is 0 Å².